The zero-order valence-corrected chi connectivity index (χ0v) is 11.3. The summed E-state index contributed by atoms with van der Waals surface area (Å²) >= 11 is 0. The minimum Gasteiger partial charge on any atom is -0.463 e. The van der Waals surface area contributed by atoms with Gasteiger partial charge in [-0.2, -0.15) is 13.2 Å². The Labute approximate surface area is 118 Å². The Morgan fingerprint density at radius 1 is 1.38 bits per heavy atom. The molecule has 118 valence electrons. The van der Waals surface area contributed by atoms with Crippen LogP contribution in [0.5, 0.6) is 0 Å². The van der Waals surface area contributed by atoms with Crippen LogP contribution in [0.4, 0.5) is 13.2 Å². The average molecular weight is 309 g/mol. The minimum absolute atomic E-state index is 0.0749. The third-order valence-corrected chi connectivity index (χ3v) is 2.49. The van der Waals surface area contributed by atoms with Crippen molar-refractivity contribution in [2.24, 2.45) is 0 Å². The molecule has 0 unspecified atom stereocenters. The molecule has 0 aromatic carbocycles. The zero-order chi connectivity index (χ0) is 16.0. The van der Waals surface area contributed by atoms with E-state index in [0.29, 0.717) is 5.57 Å². The number of methoxy groups -OCH3 is 2. The van der Waals surface area contributed by atoms with Crippen molar-refractivity contribution >= 4 is 11.9 Å². The van der Waals surface area contributed by atoms with Crippen LogP contribution in [0.2, 0.25) is 0 Å². The summed E-state index contributed by atoms with van der Waals surface area (Å²) < 4.78 is 50.5. The number of allylic oxidation sites excluding steroid dienone is 1. The molecule has 1 amide bonds. The summed E-state index contributed by atoms with van der Waals surface area (Å²) in [5, 5.41) is 1.73. The predicted molar refractivity (Wildman–Crippen MR) is 63.7 cm³/mol. The van der Waals surface area contributed by atoms with Crippen molar-refractivity contribution < 1.29 is 37.0 Å². The topological polar surface area (TPSA) is 73.9 Å². The fraction of sp³-hybridized carbons (Fsp3) is 0.500. The lowest BCUT2D eigenvalue weighted by Crippen LogP contribution is -2.37. The molecular weight excluding hydrogens is 295 g/mol. The quantitative estimate of drug-likeness (QED) is 0.768. The maximum absolute atomic E-state index is 12.0. The number of hydrogen-bond donors (Lipinski definition) is 1. The highest BCUT2D eigenvalue weighted by Gasteiger charge is 2.38. The number of nitrogens with one attached hydrogen (secondary N) is 1. The highest BCUT2D eigenvalue weighted by atomic mass is 19.4. The summed E-state index contributed by atoms with van der Waals surface area (Å²) in [6.07, 6.45) is -2.90. The standard InChI is InChI=1S/C12H14F3NO5/c1-19-9-6-7(5-8(21-9)10(17)20-2)3-4-16-11(18)12(13,14)15/h5-6,9H,3-4H2,1-2H3,(H,16,18)/t9-/m0/s1. The number of alkyl halides is 3. The van der Waals surface area contributed by atoms with E-state index in [1.165, 1.54) is 19.3 Å². The largest absolute Gasteiger partial charge is 0.471 e. The van der Waals surface area contributed by atoms with E-state index < -0.39 is 24.3 Å². The monoisotopic (exact) mass is 309 g/mol. The van der Waals surface area contributed by atoms with Gasteiger partial charge in [0.25, 0.3) is 0 Å². The van der Waals surface area contributed by atoms with Crippen molar-refractivity contribution in [2.45, 2.75) is 18.9 Å². The zero-order valence-electron chi connectivity index (χ0n) is 11.3. The van der Waals surface area contributed by atoms with E-state index in [2.05, 4.69) is 4.74 Å². The molecule has 0 aliphatic carbocycles. The normalized spacial score (nSPS) is 18.2. The van der Waals surface area contributed by atoms with Crippen LogP contribution < -0.4 is 5.32 Å². The molecule has 0 fully saturated rings. The van der Waals surface area contributed by atoms with Gasteiger partial charge in [0.2, 0.25) is 12.0 Å². The second kappa shape index (κ2) is 7.11. The molecule has 9 heteroatoms. The van der Waals surface area contributed by atoms with Crippen LogP contribution in [-0.2, 0) is 23.8 Å². The van der Waals surface area contributed by atoms with E-state index in [1.807, 2.05) is 0 Å². The third kappa shape index (κ3) is 5.10. The molecular formula is C12H14F3NO5. The first kappa shape index (κ1) is 17.0. The van der Waals surface area contributed by atoms with Gasteiger partial charge in [0.15, 0.2) is 0 Å². The fourth-order valence-electron chi connectivity index (χ4n) is 1.48. The first-order chi connectivity index (χ1) is 9.77. The molecule has 1 aliphatic rings. The molecule has 1 aliphatic heterocycles. The van der Waals surface area contributed by atoms with E-state index >= 15 is 0 Å². The molecule has 0 bridgehead atoms. The summed E-state index contributed by atoms with van der Waals surface area (Å²) in [6.45, 7) is -0.244. The Balaban J connectivity index is 2.63. The van der Waals surface area contributed by atoms with Crippen molar-refractivity contribution in [1.82, 2.24) is 5.32 Å². The van der Waals surface area contributed by atoms with Gasteiger partial charge < -0.3 is 19.5 Å². The lowest BCUT2D eigenvalue weighted by molar-refractivity contribution is -0.173. The van der Waals surface area contributed by atoms with Crippen LogP contribution in [0, 0.1) is 0 Å². The molecule has 1 N–H and O–H groups in total. The smallest absolute Gasteiger partial charge is 0.463 e. The number of carbonyl (C=O) groups is 2. The first-order valence-corrected chi connectivity index (χ1v) is 5.83. The molecule has 0 aromatic rings. The summed E-state index contributed by atoms with van der Waals surface area (Å²) in [4.78, 5) is 22.0. The number of amides is 1. The van der Waals surface area contributed by atoms with Gasteiger partial charge in [-0.15, -0.1) is 0 Å². The number of rotatable bonds is 5. The molecule has 1 heterocycles. The van der Waals surface area contributed by atoms with Crippen LogP contribution in [0.3, 0.4) is 0 Å². The second-order valence-corrected chi connectivity index (χ2v) is 3.97. The van der Waals surface area contributed by atoms with Gasteiger partial charge in [-0.25, -0.2) is 4.79 Å². The lowest BCUT2D eigenvalue weighted by atomic mass is 10.1. The molecule has 0 aromatic heterocycles. The minimum atomic E-state index is -4.92. The van der Waals surface area contributed by atoms with Crippen molar-refractivity contribution in [3.63, 3.8) is 0 Å². The highest BCUT2D eigenvalue weighted by molar-refractivity contribution is 5.87. The van der Waals surface area contributed by atoms with Crippen LogP contribution in [-0.4, -0.2) is 45.1 Å². The maximum Gasteiger partial charge on any atom is 0.471 e. The maximum atomic E-state index is 12.0. The van der Waals surface area contributed by atoms with Crippen LogP contribution in [0.25, 0.3) is 0 Å². The summed E-state index contributed by atoms with van der Waals surface area (Å²) in [5.41, 5.74) is 0.482. The van der Waals surface area contributed by atoms with Gasteiger partial charge in [-0.05, 0) is 24.1 Å². The number of hydrogen-bond acceptors (Lipinski definition) is 5. The van der Waals surface area contributed by atoms with Gasteiger partial charge in [-0.3, -0.25) is 4.79 Å². The van der Waals surface area contributed by atoms with Crippen molar-refractivity contribution in [3.8, 4) is 0 Å². The number of carbonyl (C=O) groups excluding carboxylic acids is 2. The Morgan fingerprint density at radius 3 is 2.57 bits per heavy atom. The van der Waals surface area contributed by atoms with E-state index in [0.717, 1.165) is 7.11 Å². The van der Waals surface area contributed by atoms with Gasteiger partial charge >= 0.3 is 18.1 Å². The van der Waals surface area contributed by atoms with Gasteiger partial charge in [0, 0.05) is 13.7 Å². The molecule has 6 nitrogen and oxygen atoms in total. The average Bonchev–Trinajstić information content (AvgIpc) is 2.44. The highest BCUT2D eigenvalue weighted by Crippen LogP contribution is 2.20. The molecule has 1 rings (SSSR count). The van der Waals surface area contributed by atoms with Crippen LogP contribution in [0.15, 0.2) is 23.5 Å². The van der Waals surface area contributed by atoms with E-state index in [1.54, 1.807) is 5.32 Å². The molecule has 0 radical (unpaired) electrons. The van der Waals surface area contributed by atoms with Gasteiger partial charge in [-0.1, -0.05) is 0 Å². The number of esters is 1. The number of halogens is 3. The molecule has 0 saturated carbocycles. The van der Waals surface area contributed by atoms with Crippen LogP contribution >= 0.6 is 0 Å². The van der Waals surface area contributed by atoms with E-state index in [4.69, 9.17) is 9.47 Å². The Morgan fingerprint density at radius 2 is 2.05 bits per heavy atom. The van der Waals surface area contributed by atoms with Crippen molar-refractivity contribution in [2.75, 3.05) is 20.8 Å². The molecule has 0 spiro atoms. The summed E-state index contributed by atoms with van der Waals surface area (Å²) in [5.74, 6) is -2.87. The van der Waals surface area contributed by atoms with E-state index in [9.17, 15) is 22.8 Å². The Hall–Kier alpha value is -2.03. The number of ether oxygens (including phenoxy) is 3. The van der Waals surface area contributed by atoms with Crippen molar-refractivity contribution in [1.29, 1.82) is 0 Å². The van der Waals surface area contributed by atoms with Gasteiger partial charge in [0.05, 0.1) is 7.11 Å². The van der Waals surface area contributed by atoms with Gasteiger partial charge in [0.1, 0.15) is 0 Å². The fourth-order valence-corrected chi connectivity index (χ4v) is 1.48. The Kier molecular flexibility index (Phi) is 5.77. The lowest BCUT2D eigenvalue weighted by Gasteiger charge is -2.21. The third-order valence-electron chi connectivity index (χ3n) is 2.49. The first-order valence-electron chi connectivity index (χ1n) is 5.83. The summed E-state index contributed by atoms with van der Waals surface area (Å²) in [6, 6.07) is 0. The molecule has 21 heavy (non-hydrogen) atoms. The Bertz CT molecular complexity index is 470. The molecule has 0 saturated heterocycles. The van der Waals surface area contributed by atoms with Crippen LogP contribution in [0.1, 0.15) is 6.42 Å². The molecule has 1 atom stereocenters. The van der Waals surface area contributed by atoms with E-state index in [-0.39, 0.29) is 18.7 Å². The predicted octanol–water partition coefficient (Wildman–Crippen LogP) is 1.04. The SMILES string of the molecule is COC(=O)C1=CC(CCNC(=O)C(F)(F)F)=C[C@@H](OC)O1. The second-order valence-electron chi connectivity index (χ2n) is 3.97. The summed E-state index contributed by atoms with van der Waals surface area (Å²) in [7, 11) is 2.50. The van der Waals surface area contributed by atoms with Crippen molar-refractivity contribution in [3.05, 3.63) is 23.5 Å².